The van der Waals surface area contributed by atoms with E-state index in [1.807, 2.05) is 0 Å². The fourth-order valence-corrected chi connectivity index (χ4v) is 6.65. The lowest BCUT2D eigenvalue weighted by atomic mass is 9.83. The van der Waals surface area contributed by atoms with Crippen LogP contribution in [0.25, 0.3) is 22.3 Å². The molecule has 0 heterocycles. The Labute approximate surface area is 235 Å². The minimum atomic E-state index is 0.915. The predicted octanol–water partition coefficient (Wildman–Crippen LogP) is 12.4. The van der Waals surface area contributed by atoms with Crippen molar-refractivity contribution in [3.8, 4) is 11.1 Å². The van der Waals surface area contributed by atoms with E-state index in [4.69, 9.17) is 0 Å². The minimum Gasteiger partial charge on any atom is -0.0804 e. The van der Waals surface area contributed by atoms with Crippen molar-refractivity contribution in [1.29, 1.82) is 0 Å². The van der Waals surface area contributed by atoms with Gasteiger partial charge in [0.15, 0.2) is 0 Å². The van der Waals surface area contributed by atoms with Crippen molar-refractivity contribution in [2.24, 2.45) is 11.8 Å². The molecule has 0 heteroatoms. The molecule has 0 spiro atoms. The molecule has 0 fully saturated rings. The van der Waals surface area contributed by atoms with Gasteiger partial charge >= 0.3 is 0 Å². The van der Waals surface area contributed by atoms with E-state index >= 15 is 0 Å². The summed E-state index contributed by atoms with van der Waals surface area (Å²) in [4.78, 5) is 0. The Morgan fingerprint density at radius 1 is 0.474 bits per heavy atom. The summed E-state index contributed by atoms with van der Waals surface area (Å²) in [7, 11) is 0. The molecule has 0 aliphatic heterocycles. The van der Waals surface area contributed by atoms with Gasteiger partial charge < -0.3 is 0 Å². The van der Waals surface area contributed by atoms with Crippen molar-refractivity contribution in [2.75, 3.05) is 0 Å². The molecule has 2 aliphatic rings. The second-order valence-electron chi connectivity index (χ2n) is 12.3. The van der Waals surface area contributed by atoms with E-state index in [9.17, 15) is 0 Å². The van der Waals surface area contributed by atoms with Gasteiger partial charge in [0.25, 0.3) is 0 Å². The van der Waals surface area contributed by atoms with Gasteiger partial charge in [-0.05, 0) is 83.8 Å². The Morgan fingerprint density at radius 3 is 1.24 bits per heavy atom. The first-order valence-electron chi connectivity index (χ1n) is 16.4. The lowest BCUT2D eigenvalue weighted by molar-refractivity contribution is 0.423. The number of hydrogen-bond acceptors (Lipinski definition) is 0. The molecule has 2 aliphatic carbocycles. The summed E-state index contributed by atoms with van der Waals surface area (Å²) in [5, 5.41) is 0. The van der Waals surface area contributed by atoms with Gasteiger partial charge in [0.1, 0.15) is 0 Å². The molecule has 0 N–H and O–H groups in total. The molecule has 2 unspecified atom stereocenters. The number of hydrogen-bond donors (Lipinski definition) is 0. The Balaban J connectivity index is 1.23. The van der Waals surface area contributed by atoms with Gasteiger partial charge in [0.2, 0.25) is 0 Å². The van der Waals surface area contributed by atoms with Crippen LogP contribution in [0.4, 0.5) is 0 Å². The standard InChI is InChI=1S/C38H54/c1-3-5-7-9-10-12-14-32-17-21-34(22-18-32)36-25-29-38(30-26-36)37-27-23-35(24-28-37)33-19-15-31(16-20-33)13-11-8-6-4-2/h19,21,23-32H,3-18,20,22H2,1-2H3. The van der Waals surface area contributed by atoms with Crippen molar-refractivity contribution in [1.82, 2.24) is 0 Å². The molecular formula is C38H54. The van der Waals surface area contributed by atoms with Crippen LogP contribution in [0.5, 0.6) is 0 Å². The molecule has 0 radical (unpaired) electrons. The van der Waals surface area contributed by atoms with Crippen LogP contribution in [-0.4, -0.2) is 0 Å². The van der Waals surface area contributed by atoms with E-state index in [0.29, 0.717) is 0 Å². The van der Waals surface area contributed by atoms with E-state index in [1.165, 1.54) is 138 Å². The first-order chi connectivity index (χ1) is 18.8. The van der Waals surface area contributed by atoms with Gasteiger partial charge in [-0.1, -0.05) is 152 Å². The van der Waals surface area contributed by atoms with Gasteiger partial charge in [-0.3, -0.25) is 0 Å². The van der Waals surface area contributed by atoms with Crippen molar-refractivity contribution in [2.45, 2.75) is 129 Å². The maximum atomic E-state index is 2.54. The topological polar surface area (TPSA) is 0 Å². The average Bonchev–Trinajstić information content (AvgIpc) is 2.98. The van der Waals surface area contributed by atoms with Crippen LogP contribution in [0.3, 0.4) is 0 Å². The Bertz CT molecular complexity index is 987. The third-order valence-corrected chi connectivity index (χ3v) is 9.32. The second kappa shape index (κ2) is 16.1. The Hall–Kier alpha value is -2.08. The van der Waals surface area contributed by atoms with Crippen molar-refractivity contribution >= 4 is 11.1 Å². The summed E-state index contributed by atoms with van der Waals surface area (Å²) in [6.45, 7) is 4.60. The largest absolute Gasteiger partial charge is 0.0804 e. The molecule has 206 valence electrons. The van der Waals surface area contributed by atoms with Crippen LogP contribution in [0.15, 0.2) is 60.7 Å². The van der Waals surface area contributed by atoms with Crippen LogP contribution in [0.1, 0.15) is 141 Å². The number of allylic oxidation sites excluding steroid dienone is 4. The smallest absolute Gasteiger partial charge is 0.0184 e. The van der Waals surface area contributed by atoms with E-state index in [2.05, 4.69) is 74.5 Å². The molecule has 0 saturated carbocycles. The molecule has 0 aromatic heterocycles. The highest BCUT2D eigenvalue weighted by Gasteiger charge is 2.17. The number of benzene rings is 2. The zero-order valence-corrected chi connectivity index (χ0v) is 24.7. The third-order valence-electron chi connectivity index (χ3n) is 9.32. The van der Waals surface area contributed by atoms with Crippen LogP contribution in [-0.2, 0) is 0 Å². The summed E-state index contributed by atoms with van der Waals surface area (Å²) in [6, 6.07) is 18.7. The summed E-state index contributed by atoms with van der Waals surface area (Å²) >= 11 is 0. The highest BCUT2D eigenvalue weighted by atomic mass is 14.2. The Morgan fingerprint density at radius 2 is 0.842 bits per heavy atom. The monoisotopic (exact) mass is 510 g/mol. The number of unbranched alkanes of at least 4 members (excludes halogenated alkanes) is 8. The van der Waals surface area contributed by atoms with E-state index in [-0.39, 0.29) is 0 Å². The fraction of sp³-hybridized carbons (Fsp3) is 0.579. The Kier molecular flexibility index (Phi) is 12.3. The molecule has 2 aromatic rings. The molecule has 38 heavy (non-hydrogen) atoms. The molecule has 2 atom stereocenters. The quantitative estimate of drug-likeness (QED) is 0.209. The van der Waals surface area contributed by atoms with Crippen LogP contribution >= 0.6 is 0 Å². The van der Waals surface area contributed by atoms with Gasteiger partial charge in [0, 0.05) is 0 Å². The van der Waals surface area contributed by atoms with Gasteiger partial charge in [-0.25, -0.2) is 0 Å². The van der Waals surface area contributed by atoms with Crippen LogP contribution in [0.2, 0.25) is 0 Å². The minimum absolute atomic E-state index is 0.915. The third kappa shape index (κ3) is 9.00. The molecule has 0 saturated heterocycles. The zero-order valence-electron chi connectivity index (χ0n) is 24.7. The van der Waals surface area contributed by atoms with E-state index in [1.54, 1.807) is 11.1 Å². The predicted molar refractivity (Wildman–Crippen MR) is 169 cm³/mol. The summed E-state index contributed by atoms with van der Waals surface area (Å²) in [5.74, 6) is 1.83. The molecule has 0 bridgehead atoms. The maximum absolute atomic E-state index is 2.54. The van der Waals surface area contributed by atoms with Gasteiger partial charge in [0.05, 0.1) is 0 Å². The van der Waals surface area contributed by atoms with Gasteiger partial charge in [-0.15, -0.1) is 0 Å². The first kappa shape index (κ1) is 28.9. The molecular weight excluding hydrogens is 456 g/mol. The highest BCUT2D eigenvalue weighted by molar-refractivity contribution is 5.73. The summed E-state index contributed by atoms with van der Waals surface area (Å²) in [6.07, 6.45) is 29.8. The second-order valence-corrected chi connectivity index (χ2v) is 12.3. The zero-order chi connectivity index (χ0) is 26.4. The average molecular weight is 511 g/mol. The lowest BCUT2D eigenvalue weighted by Gasteiger charge is -2.22. The summed E-state index contributed by atoms with van der Waals surface area (Å²) in [5.41, 5.74) is 8.66. The fourth-order valence-electron chi connectivity index (χ4n) is 6.65. The normalized spacial score (nSPS) is 19.7. The van der Waals surface area contributed by atoms with Crippen molar-refractivity contribution in [3.05, 3.63) is 71.8 Å². The van der Waals surface area contributed by atoms with Crippen LogP contribution in [0, 0.1) is 11.8 Å². The highest BCUT2D eigenvalue weighted by Crippen LogP contribution is 2.35. The molecule has 4 rings (SSSR count). The number of rotatable bonds is 15. The molecule has 0 nitrogen and oxygen atoms in total. The van der Waals surface area contributed by atoms with Crippen LogP contribution < -0.4 is 0 Å². The SMILES string of the molecule is CCCCCCCCC1CC=C(c2ccc(-c3ccc(C4=CCC(CCCCCC)CC4)cc3)cc2)CC1. The first-order valence-corrected chi connectivity index (χ1v) is 16.4. The summed E-state index contributed by atoms with van der Waals surface area (Å²) < 4.78 is 0. The lowest BCUT2D eigenvalue weighted by Crippen LogP contribution is -2.05. The van der Waals surface area contributed by atoms with Gasteiger partial charge in [-0.2, -0.15) is 0 Å². The van der Waals surface area contributed by atoms with Crippen molar-refractivity contribution in [3.63, 3.8) is 0 Å². The van der Waals surface area contributed by atoms with Crippen molar-refractivity contribution < 1.29 is 0 Å². The molecule has 2 aromatic carbocycles. The molecule has 0 amide bonds. The van der Waals surface area contributed by atoms with E-state index in [0.717, 1.165) is 11.8 Å². The van der Waals surface area contributed by atoms with E-state index < -0.39 is 0 Å². The maximum Gasteiger partial charge on any atom is -0.0184 e.